The molecule has 0 saturated heterocycles. The van der Waals surface area contributed by atoms with E-state index in [-0.39, 0.29) is 11.1 Å². The fourth-order valence-corrected chi connectivity index (χ4v) is 1.28. The molecule has 0 aliphatic heterocycles. The fraction of sp³-hybridized carbons (Fsp3) is 0.250. The highest BCUT2D eigenvalue weighted by molar-refractivity contribution is 7.91. The van der Waals surface area contributed by atoms with E-state index in [0.717, 1.165) is 0 Å². The third-order valence-corrected chi connectivity index (χ3v) is 2.31. The van der Waals surface area contributed by atoms with Gasteiger partial charge in [-0.1, -0.05) is 0 Å². The Hall–Kier alpha value is -1.62. The van der Waals surface area contributed by atoms with E-state index in [0.29, 0.717) is 0 Å². The number of nitriles is 1. The SMILES string of the molecule is N#CCS(=O)(=O)c1nc(N)n[nH]1. The van der Waals surface area contributed by atoms with Crippen LogP contribution in [-0.4, -0.2) is 29.4 Å². The molecule has 1 heterocycles. The minimum atomic E-state index is -3.66. The van der Waals surface area contributed by atoms with Gasteiger partial charge in [0.15, 0.2) is 0 Å². The van der Waals surface area contributed by atoms with Crippen molar-refractivity contribution in [2.24, 2.45) is 0 Å². The van der Waals surface area contributed by atoms with E-state index in [9.17, 15) is 8.42 Å². The number of aromatic amines is 1. The Kier molecular flexibility index (Phi) is 1.97. The van der Waals surface area contributed by atoms with Crippen molar-refractivity contribution in [3.05, 3.63) is 0 Å². The molecule has 0 radical (unpaired) electrons. The monoisotopic (exact) mass is 187 g/mol. The van der Waals surface area contributed by atoms with Crippen LogP contribution in [-0.2, 0) is 9.84 Å². The molecule has 1 aromatic heterocycles. The Morgan fingerprint density at radius 2 is 2.33 bits per heavy atom. The molecule has 12 heavy (non-hydrogen) atoms. The lowest BCUT2D eigenvalue weighted by molar-refractivity contribution is 0.591. The van der Waals surface area contributed by atoms with Gasteiger partial charge in [-0.15, -0.1) is 5.10 Å². The molecular formula is C4H5N5O2S. The summed E-state index contributed by atoms with van der Waals surface area (Å²) in [6, 6.07) is 1.50. The van der Waals surface area contributed by atoms with E-state index < -0.39 is 15.6 Å². The van der Waals surface area contributed by atoms with Gasteiger partial charge >= 0.3 is 0 Å². The summed E-state index contributed by atoms with van der Waals surface area (Å²) in [7, 11) is -3.66. The van der Waals surface area contributed by atoms with Crippen LogP contribution < -0.4 is 5.73 Å². The van der Waals surface area contributed by atoms with Crippen molar-refractivity contribution in [1.29, 1.82) is 5.26 Å². The van der Waals surface area contributed by atoms with Crippen molar-refractivity contribution < 1.29 is 8.42 Å². The average Bonchev–Trinajstić information content (AvgIpc) is 2.36. The molecule has 0 aromatic carbocycles. The first kappa shape index (κ1) is 8.48. The number of aromatic nitrogens is 3. The van der Waals surface area contributed by atoms with Crippen LogP contribution in [0.3, 0.4) is 0 Å². The van der Waals surface area contributed by atoms with Crippen LogP contribution in [0.5, 0.6) is 0 Å². The predicted octanol–water partition coefficient (Wildman–Crippen LogP) is -1.32. The second-order valence-electron chi connectivity index (χ2n) is 1.92. The van der Waals surface area contributed by atoms with Crippen LogP contribution in [0.15, 0.2) is 5.16 Å². The molecule has 3 N–H and O–H groups in total. The summed E-state index contributed by atoms with van der Waals surface area (Å²) in [5.41, 5.74) is 5.07. The Morgan fingerprint density at radius 3 is 2.75 bits per heavy atom. The summed E-state index contributed by atoms with van der Waals surface area (Å²) >= 11 is 0. The van der Waals surface area contributed by atoms with E-state index in [4.69, 9.17) is 11.0 Å². The van der Waals surface area contributed by atoms with Crippen LogP contribution in [0.1, 0.15) is 0 Å². The van der Waals surface area contributed by atoms with Crippen LogP contribution in [0.25, 0.3) is 0 Å². The van der Waals surface area contributed by atoms with Crippen LogP contribution in [0, 0.1) is 11.3 Å². The normalized spacial score (nSPS) is 10.9. The van der Waals surface area contributed by atoms with Gasteiger partial charge in [-0.05, 0) is 0 Å². The number of hydrogen-bond donors (Lipinski definition) is 2. The Balaban J connectivity index is 3.08. The van der Waals surface area contributed by atoms with Crippen LogP contribution >= 0.6 is 0 Å². The molecule has 1 aromatic rings. The number of rotatable bonds is 2. The summed E-state index contributed by atoms with van der Waals surface area (Å²) in [6.07, 6.45) is 0. The van der Waals surface area contributed by atoms with Gasteiger partial charge in [-0.3, -0.25) is 0 Å². The van der Waals surface area contributed by atoms with Crippen molar-refractivity contribution in [3.8, 4) is 6.07 Å². The van der Waals surface area contributed by atoms with Gasteiger partial charge in [0, 0.05) is 0 Å². The molecule has 8 heteroatoms. The van der Waals surface area contributed by atoms with Gasteiger partial charge < -0.3 is 5.73 Å². The minimum absolute atomic E-state index is 0.161. The number of nitrogens with one attached hydrogen (secondary N) is 1. The topological polar surface area (TPSA) is 126 Å². The van der Waals surface area contributed by atoms with E-state index in [1.807, 2.05) is 0 Å². The van der Waals surface area contributed by atoms with Gasteiger partial charge in [0.2, 0.25) is 20.9 Å². The zero-order valence-corrected chi connectivity index (χ0v) is 6.67. The molecule has 0 aliphatic rings. The summed E-state index contributed by atoms with van der Waals surface area (Å²) in [5, 5.41) is 13.2. The van der Waals surface area contributed by atoms with E-state index in [1.54, 1.807) is 0 Å². The van der Waals surface area contributed by atoms with Crippen molar-refractivity contribution in [2.45, 2.75) is 5.16 Å². The molecule has 64 valence electrons. The minimum Gasteiger partial charge on any atom is -0.366 e. The molecule has 0 saturated carbocycles. The number of H-pyrrole nitrogens is 1. The maximum atomic E-state index is 11.0. The zero-order chi connectivity index (χ0) is 9.19. The molecule has 0 spiro atoms. The van der Waals surface area contributed by atoms with E-state index >= 15 is 0 Å². The van der Waals surface area contributed by atoms with Crippen molar-refractivity contribution in [2.75, 3.05) is 11.5 Å². The predicted molar refractivity (Wildman–Crippen MR) is 38.5 cm³/mol. The number of nitrogens with zero attached hydrogens (tertiary/aromatic N) is 3. The number of sulfone groups is 1. The second kappa shape index (κ2) is 2.78. The smallest absolute Gasteiger partial charge is 0.245 e. The molecule has 0 fully saturated rings. The molecule has 0 amide bonds. The van der Waals surface area contributed by atoms with Gasteiger partial charge in [-0.2, -0.15) is 10.2 Å². The van der Waals surface area contributed by atoms with Gasteiger partial charge in [0.25, 0.3) is 0 Å². The highest BCUT2D eigenvalue weighted by atomic mass is 32.2. The highest BCUT2D eigenvalue weighted by Gasteiger charge is 2.17. The molecule has 0 unspecified atom stereocenters. The lowest BCUT2D eigenvalue weighted by atomic mass is 10.9. The lowest BCUT2D eigenvalue weighted by Gasteiger charge is -1.89. The molecular weight excluding hydrogens is 182 g/mol. The quantitative estimate of drug-likeness (QED) is 0.591. The fourth-order valence-electron chi connectivity index (χ4n) is 0.552. The first-order chi connectivity index (χ1) is 5.56. The summed E-state index contributed by atoms with van der Waals surface area (Å²) in [6.45, 7) is 0. The van der Waals surface area contributed by atoms with Crippen LogP contribution in [0.4, 0.5) is 5.95 Å². The number of hydrogen-bond acceptors (Lipinski definition) is 6. The first-order valence-corrected chi connectivity index (χ1v) is 4.49. The number of anilines is 1. The molecule has 1 rings (SSSR count). The van der Waals surface area contributed by atoms with E-state index in [2.05, 4.69) is 15.2 Å². The lowest BCUT2D eigenvalue weighted by Crippen LogP contribution is -2.07. The molecule has 7 nitrogen and oxygen atoms in total. The van der Waals surface area contributed by atoms with Gasteiger partial charge in [0.1, 0.15) is 5.75 Å². The summed E-state index contributed by atoms with van der Waals surface area (Å²) in [4.78, 5) is 3.37. The largest absolute Gasteiger partial charge is 0.366 e. The van der Waals surface area contributed by atoms with Crippen molar-refractivity contribution in [1.82, 2.24) is 15.2 Å². The van der Waals surface area contributed by atoms with Crippen LogP contribution in [0.2, 0.25) is 0 Å². The molecule has 0 atom stereocenters. The number of nitrogens with two attached hydrogens (primary N) is 1. The Morgan fingerprint density at radius 1 is 1.67 bits per heavy atom. The van der Waals surface area contributed by atoms with Gasteiger partial charge in [0.05, 0.1) is 6.07 Å². The van der Waals surface area contributed by atoms with Crippen molar-refractivity contribution in [3.63, 3.8) is 0 Å². The summed E-state index contributed by atoms with van der Waals surface area (Å²) < 4.78 is 22.1. The third-order valence-electron chi connectivity index (χ3n) is 1.03. The second-order valence-corrected chi connectivity index (χ2v) is 3.82. The molecule has 0 aliphatic carbocycles. The Bertz CT molecular complexity index is 413. The van der Waals surface area contributed by atoms with Crippen molar-refractivity contribution >= 4 is 15.8 Å². The highest BCUT2D eigenvalue weighted by Crippen LogP contribution is 2.03. The zero-order valence-electron chi connectivity index (χ0n) is 5.85. The van der Waals surface area contributed by atoms with E-state index in [1.165, 1.54) is 6.07 Å². The maximum Gasteiger partial charge on any atom is 0.245 e. The maximum absolute atomic E-state index is 11.0. The molecule has 0 bridgehead atoms. The summed E-state index contributed by atoms with van der Waals surface area (Å²) in [5.74, 6) is -0.798. The average molecular weight is 187 g/mol. The first-order valence-electron chi connectivity index (χ1n) is 2.84. The third kappa shape index (κ3) is 1.51. The Labute approximate surface area is 68.1 Å². The van der Waals surface area contributed by atoms with Gasteiger partial charge in [-0.25, -0.2) is 13.5 Å². The number of nitrogen functional groups attached to an aromatic ring is 1. The standard InChI is InChI=1S/C4H5N5O2S/c5-1-2-12(10,11)4-7-3(6)8-9-4/h2H2,(H3,6,7,8,9).